The predicted octanol–water partition coefficient (Wildman–Crippen LogP) is 1.48. The number of hydrogen-bond donors (Lipinski definition) is 2. The number of rotatable bonds is 6. The summed E-state index contributed by atoms with van der Waals surface area (Å²) in [5, 5.41) is 8.83. The molecular formula is C12H19NO3. The fourth-order valence-corrected chi connectivity index (χ4v) is 1.50. The van der Waals surface area contributed by atoms with Gasteiger partial charge in [0.2, 0.25) is 0 Å². The third-order valence-corrected chi connectivity index (χ3v) is 2.36. The second kappa shape index (κ2) is 6.35. The monoisotopic (exact) mass is 225 g/mol. The highest BCUT2D eigenvalue weighted by molar-refractivity contribution is 5.43. The quantitative estimate of drug-likeness (QED) is 0.769. The van der Waals surface area contributed by atoms with Crippen molar-refractivity contribution in [2.45, 2.75) is 19.4 Å². The van der Waals surface area contributed by atoms with Crippen LogP contribution in [0.4, 0.5) is 0 Å². The van der Waals surface area contributed by atoms with E-state index in [1.807, 2.05) is 25.1 Å². The van der Waals surface area contributed by atoms with Crippen molar-refractivity contribution < 1.29 is 14.6 Å². The standard InChI is InChI=1S/C12H19NO3/c1-3-16-11-5-4-9(8-12(11)15-2)10(13)6-7-14/h4-5,8,10,14H,3,6-7,13H2,1-2H3. The zero-order valence-corrected chi connectivity index (χ0v) is 9.77. The van der Waals surface area contributed by atoms with Gasteiger partial charge in [-0.1, -0.05) is 6.07 Å². The number of aliphatic hydroxyl groups excluding tert-OH is 1. The fourth-order valence-electron chi connectivity index (χ4n) is 1.50. The summed E-state index contributed by atoms with van der Waals surface area (Å²) < 4.78 is 10.6. The van der Waals surface area contributed by atoms with E-state index in [4.69, 9.17) is 20.3 Å². The molecule has 1 aromatic carbocycles. The van der Waals surface area contributed by atoms with Crippen molar-refractivity contribution in [3.05, 3.63) is 23.8 Å². The van der Waals surface area contributed by atoms with E-state index in [2.05, 4.69) is 0 Å². The minimum absolute atomic E-state index is 0.0801. The van der Waals surface area contributed by atoms with Gasteiger partial charge in [0.05, 0.1) is 13.7 Å². The second-order valence-electron chi connectivity index (χ2n) is 3.46. The van der Waals surface area contributed by atoms with Crippen LogP contribution in [-0.2, 0) is 0 Å². The Kier molecular flexibility index (Phi) is 5.08. The van der Waals surface area contributed by atoms with Gasteiger partial charge in [-0.2, -0.15) is 0 Å². The van der Waals surface area contributed by atoms with Gasteiger partial charge >= 0.3 is 0 Å². The Morgan fingerprint density at radius 1 is 1.38 bits per heavy atom. The number of benzene rings is 1. The Morgan fingerprint density at radius 3 is 2.69 bits per heavy atom. The van der Waals surface area contributed by atoms with Crippen LogP contribution in [-0.4, -0.2) is 25.4 Å². The van der Waals surface area contributed by atoms with Gasteiger partial charge in [-0.25, -0.2) is 0 Å². The Balaban J connectivity index is 2.89. The first-order chi connectivity index (χ1) is 7.72. The molecule has 1 aromatic rings. The van der Waals surface area contributed by atoms with Crippen LogP contribution in [0.15, 0.2) is 18.2 Å². The van der Waals surface area contributed by atoms with Crippen LogP contribution in [0, 0.1) is 0 Å². The summed E-state index contributed by atoms with van der Waals surface area (Å²) in [6, 6.07) is 5.42. The van der Waals surface area contributed by atoms with E-state index < -0.39 is 0 Å². The maximum absolute atomic E-state index is 8.83. The van der Waals surface area contributed by atoms with Gasteiger partial charge in [0.25, 0.3) is 0 Å². The summed E-state index contributed by atoms with van der Waals surface area (Å²) in [5.41, 5.74) is 6.84. The lowest BCUT2D eigenvalue weighted by atomic mass is 10.0. The van der Waals surface area contributed by atoms with E-state index in [1.165, 1.54) is 0 Å². The average Bonchev–Trinajstić information content (AvgIpc) is 2.30. The van der Waals surface area contributed by atoms with Crippen LogP contribution in [0.2, 0.25) is 0 Å². The smallest absolute Gasteiger partial charge is 0.161 e. The molecule has 0 radical (unpaired) electrons. The van der Waals surface area contributed by atoms with Crippen molar-refractivity contribution in [1.29, 1.82) is 0 Å². The van der Waals surface area contributed by atoms with Crippen LogP contribution in [0.1, 0.15) is 24.9 Å². The van der Waals surface area contributed by atoms with E-state index in [0.29, 0.717) is 24.5 Å². The molecule has 0 heterocycles. The van der Waals surface area contributed by atoms with Crippen LogP contribution in [0.3, 0.4) is 0 Å². The molecule has 0 saturated heterocycles. The molecule has 4 heteroatoms. The van der Waals surface area contributed by atoms with E-state index in [9.17, 15) is 0 Å². The zero-order chi connectivity index (χ0) is 12.0. The molecular weight excluding hydrogens is 206 g/mol. The predicted molar refractivity (Wildman–Crippen MR) is 62.8 cm³/mol. The molecule has 16 heavy (non-hydrogen) atoms. The summed E-state index contributed by atoms with van der Waals surface area (Å²) >= 11 is 0. The Bertz CT molecular complexity index is 328. The highest BCUT2D eigenvalue weighted by Crippen LogP contribution is 2.30. The lowest BCUT2D eigenvalue weighted by Gasteiger charge is -2.14. The number of hydrogen-bond acceptors (Lipinski definition) is 4. The molecule has 1 unspecified atom stereocenters. The first-order valence-electron chi connectivity index (χ1n) is 5.40. The molecule has 1 atom stereocenters. The van der Waals surface area contributed by atoms with Gasteiger partial charge in [0, 0.05) is 12.6 Å². The average molecular weight is 225 g/mol. The van der Waals surface area contributed by atoms with Crippen LogP contribution < -0.4 is 15.2 Å². The fraction of sp³-hybridized carbons (Fsp3) is 0.500. The van der Waals surface area contributed by atoms with Crippen LogP contribution >= 0.6 is 0 Å². The molecule has 1 rings (SSSR count). The Hall–Kier alpha value is -1.26. The summed E-state index contributed by atoms with van der Waals surface area (Å²) in [7, 11) is 1.60. The molecule has 0 aliphatic rings. The van der Waals surface area contributed by atoms with Gasteiger partial charge in [0.1, 0.15) is 0 Å². The SMILES string of the molecule is CCOc1ccc(C(N)CCO)cc1OC. The molecule has 0 aliphatic carbocycles. The normalized spacial score (nSPS) is 12.2. The van der Waals surface area contributed by atoms with Crippen molar-refractivity contribution in [2.75, 3.05) is 20.3 Å². The topological polar surface area (TPSA) is 64.7 Å². The zero-order valence-electron chi connectivity index (χ0n) is 9.77. The van der Waals surface area contributed by atoms with Crippen molar-refractivity contribution in [3.63, 3.8) is 0 Å². The lowest BCUT2D eigenvalue weighted by Crippen LogP contribution is -2.12. The first kappa shape index (κ1) is 12.8. The second-order valence-corrected chi connectivity index (χ2v) is 3.46. The molecule has 0 spiro atoms. The van der Waals surface area contributed by atoms with Gasteiger partial charge in [-0.15, -0.1) is 0 Å². The summed E-state index contributed by atoms with van der Waals surface area (Å²) in [6.45, 7) is 2.60. The molecule has 0 saturated carbocycles. The molecule has 0 fully saturated rings. The van der Waals surface area contributed by atoms with Crippen molar-refractivity contribution in [2.24, 2.45) is 5.73 Å². The van der Waals surface area contributed by atoms with Gasteiger partial charge < -0.3 is 20.3 Å². The maximum atomic E-state index is 8.83. The van der Waals surface area contributed by atoms with E-state index in [1.54, 1.807) is 7.11 Å². The molecule has 0 bridgehead atoms. The first-order valence-corrected chi connectivity index (χ1v) is 5.40. The minimum atomic E-state index is -0.172. The summed E-state index contributed by atoms with van der Waals surface area (Å²) in [6.07, 6.45) is 0.539. The third kappa shape index (κ3) is 3.12. The number of aliphatic hydroxyl groups is 1. The maximum Gasteiger partial charge on any atom is 0.161 e. The minimum Gasteiger partial charge on any atom is -0.493 e. The van der Waals surface area contributed by atoms with Crippen LogP contribution in [0.5, 0.6) is 11.5 Å². The Labute approximate surface area is 96.0 Å². The summed E-state index contributed by atoms with van der Waals surface area (Å²) in [5.74, 6) is 1.39. The summed E-state index contributed by atoms with van der Waals surface area (Å²) in [4.78, 5) is 0. The highest BCUT2D eigenvalue weighted by Gasteiger charge is 2.10. The third-order valence-electron chi connectivity index (χ3n) is 2.36. The van der Waals surface area contributed by atoms with E-state index in [0.717, 1.165) is 5.56 Å². The number of nitrogens with two attached hydrogens (primary N) is 1. The van der Waals surface area contributed by atoms with Gasteiger partial charge in [0.15, 0.2) is 11.5 Å². The number of methoxy groups -OCH3 is 1. The van der Waals surface area contributed by atoms with Crippen molar-refractivity contribution in [1.82, 2.24) is 0 Å². The van der Waals surface area contributed by atoms with E-state index >= 15 is 0 Å². The number of ether oxygens (including phenoxy) is 2. The van der Waals surface area contributed by atoms with Crippen LogP contribution in [0.25, 0.3) is 0 Å². The highest BCUT2D eigenvalue weighted by atomic mass is 16.5. The lowest BCUT2D eigenvalue weighted by molar-refractivity contribution is 0.276. The molecule has 4 nitrogen and oxygen atoms in total. The van der Waals surface area contributed by atoms with Crippen molar-refractivity contribution in [3.8, 4) is 11.5 Å². The largest absolute Gasteiger partial charge is 0.493 e. The Morgan fingerprint density at radius 2 is 2.12 bits per heavy atom. The van der Waals surface area contributed by atoms with Gasteiger partial charge in [-0.05, 0) is 31.0 Å². The van der Waals surface area contributed by atoms with Gasteiger partial charge in [-0.3, -0.25) is 0 Å². The van der Waals surface area contributed by atoms with E-state index in [-0.39, 0.29) is 12.6 Å². The van der Waals surface area contributed by atoms with Crippen molar-refractivity contribution >= 4 is 0 Å². The molecule has 0 amide bonds. The molecule has 90 valence electrons. The molecule has 0 aliphatic heterocycles. The molecule has 0 aromatic heterocycles. The molecule has 3 N–H and O–H groups in total.